The number of nitrogens with zero attached hydrogens (tertiary/aromatic N) is 10. The summed E-state index contributed by atoms with van der Waals surface area (Å²) in [5.74, 6) is 1.30. The van der Waals surface area contributed by atoms with Gasteiger partial charge in [0.2, 0.25) is 0 Å². The largest absolute Gasteiger partial charge is 0.308 e. The Kier molecular flexibility index (Phi) is 10.2. The van der Waals surface area contributed by atoms with E-state index in [9.17, 15) is 26.3 Å². The van der Waals surface area contributed by atoms with Gasteiger partial charge in [-0.25, -0.2) is 15.0 Å². The summed E-state index contributed by atoms with van der Waals surface area (Å²) >= 11 is 0. The minimum Gasteiger partial charge on any atom is -0.308 e. The highest BCUT2D eigenvalue weighted by molar-refractivity contribution is 6.13. The maximum Gasteiger partial charge on any atom is 0.168 e. The van der Waals surface area contributed by atoms with Crippen molar-refractivity contribution in [2.45, 2.75) is 0 Å². The molecule has 0 saturated heterocycles. The van der Waals surface area contributed by atoms with Crippen molar-refractivity contribution in [3.05, 3.63) is 222 Å². The van der Waals surface area contributed by atoms with Crippen molar-refractivity contribution in [3.63, 3.8) is 0 Å². The Hall–Kier alpha value is -11.0. The number of rotatable bonds is 7. The smallest absolute Gasteiger partial charge is 0.168 e. The number of aromatic nitrogens is 5. The second kappa shape index (κ2) is 17.3. The van der Waals surface area contributed by atoms with Gasteiger partial charge in [-0.2, -0.15) is 26.3 Å². The van der Waals surface area contributed by atoms with Crippen molar-refractivity contribution in [3.8, 4) is 98.1 Å². The highest BCUT2D eigenvalue weighted by Crippen LogP contribution is 2.44. The molecule has 0 radical (unpaired) electrons. The molecule has 3 heterocycles. The van der Waals surface area contributed by atoms with Gasteiger partial charge in [-0.3, -0.25) is 0 Å². The van der Waals surface area contributed by atoms with Gasteiger partial charge in [0.15, 0.2) is 17.5 Å². The van der Waals surface area contributed by atoms with Gasteiger partial charge in [-0.1, -0.05) is 109 Å². The van der Waals surface area contributed by atoms with E-state index >= 15 is 0 Å². The Labute approximate surface area is 412 Å². The summed E-state index contributed by atoms with van der Waals surface area (Å²) in [6.07, 6.45) is 0. The van der Waals surface area contributed by atoms with E-state index < -0.39 is 0 Å². The van der Waals surface area contributed by atoms with Crippen LogP contribution < -0.4 is 0 Å². The lowest BCUT2D eigenvalue weighted by Gasteiger charge is -2.20. The number of hydrogen-bond donors (Lipinski definition) is 0. The predicted octanol–water partition coefficient (Wildman–Crippen LogP) is 13.8. The standard InChI is InChI=1S/C62H32N10/c63-33-38-23-39(34-64)26-47(25-38)45-19-21-55-51(31-45)49-15-7-9-17-53(49)71(55)57-29-42(37-67)30-58(59(57)62-69-60(43-11-3-1-4-12-43)68-61(70-62)44-13-5-2-6-14-44)72-54-18-10-8-16-50(54)52-32-46(20-22-56(52)72)48-27-40(35-65)24-41(28-48)36-66/h1-32H. The molecule has 330 valence electrons. The summed E-state index contributed by atoms with van der Waals surface area (Å²) in [4.78, 5) is 15.8. The summed E-state index contributed by atoms with van der Waals surface area (Å²) in [6.45, 7) is 0. The molecule has 0 aliphatic heterocycles. The Morgan fingerprint density at radius 3 is 1.03 bits per heavy atom. The van der Waals surface area contributed by atoms with Gasteiger partial charge in [-0.05, 0) is 107 Å². The summed E-state index contributed by atoms with van der Waals surface area (Å²) in [6, 6.07) is 73.5. The third kappa shape index (κ3) is 7.13. The molecule has 0 aliphatic rings. The first-order chi connectivity index (χ1) is 35.4. The molecule has 12 rings (SSSR count). The maximum atomic E-state index is 11.1. The molecular weight excluding hydrogens is 885 g/mol. The molecule has 9 aromatic carbocycles. The average Bonchev–Trinajstić information content (AvgIpc) is 3.97. The van der Waals surface area contributed by atoms with E-state index in [-0.39, 0.29) is 0 Å². The second-order valence-electron chi connectivity index (χ2n) is 17.3. The third-order valence-corrected chi connectivity index (χ3v) is 13.0. The Morgan fingerprint density at radius 1 is 0.278 bits per heavy atom. The fourth-order valence-corrected chi connectivity index (χ4v) is 9.85. The van der Waals surface area contributed by atoms with Crippen LogP contribution in [0.4, 0.5) is 0 Å². The van der Waals surface area contributed by atoms with E-state index in [0.29, 0.717) is 62.2 Å². The second-order valence-corrected chi connectivity index (χ2v) is 17.3. The minimum atomic E-state index is 0.372. The van der Waals surface area contributed by atoms with Crippen LogP contribution in [0.25, 0.3) is 111 Å². The molecule has 0 amide bonds. The average molecular weight is 917 g/mol. The lowest BCUT2D eigenvalue weighted by Crippen LogP contribution is -2.08. The minimum absolute atomic E-state index is 0.372. The van der Waals surface area contributed by atoms with Crippen LogP contribution in [0.5, 0.6) is 0 Å². The number of para-hydroxylation sites is 2. The topological polar surface area (TPSA) is 167 Å². The van der Waals surface area contributed by atoms with Gasteiger partial charge >= 0.3 is 0 Å². The monoisotopic (exact) mass is 916 g/mol. The first-order valence-electron chi connectivity index (χ1n) is 22.9. The van der Waals surface area contributed by atoms with Crippen LogP contribution >= 0.6 is 0 Å². The van der Waals surface area contributed by atoms with E-state index in [1.807, 2.05) is 121 Å². The van der Waals surface area contributed by atoms with Crippen LogP contribution in [0.15, 0.2) is 194 Å². The molecule has 0 aliphatic carbocycles. The van der Waals surface area contributed by atoms with Crippen molar-refractivity contribution < 1.29 is 0 Å². The quantitative estimate of drug-likeness (QED) is 0.152. The molecule has 72 heavy (non-hydrogen) atoms. The molecule has 0 bridgehead atoms. The third-order valence-electron chi connectivity index (χ3n) is 13.0. The van der Waals surface area contributed by atoms with Crippen LogP contribution in [0.2, 0.25) is 0 Å². The Balaban J connectivity index is 1.21. The molecule has 0 saturated carbocycles. The van der Waals surface area contributed by atoms with Gasteiger partial charge in [0, 0.05) is 32.7 Å². The van der Waals surface area contributed by atoms with Crippen LogP contribution in [-0.2, 0) is 0 Å². The molecule has 10 nitrogen and oxygen atoms in total. The molecule has 10 heteroatoms. The zero-order chi connectivity index (χ0) is 48.9. The van der Waals surface area contributed by atoms with E-state index in [2.05, 4.69) is 75.9 Å². The summed E-state index contributed by atoms with van der Waals surface area (Å²) < 4.78 is 4.32. The van der Waals surface area contributed by atoms with Gasteiger partial charge in [0.25, 0.3) is 0 Å². The summed E-state index contributed by atoms with van der Waals surface area (Å²) in [5, 5.41) is 54.3. The van der Waals surface area contributed by atoms with Crippen LogP contribution in [0.3, 0.4) is 0 Å². The van der Waals surface area contributed by atoms with E-state index in [1.54, 1.807) is 36.4 Å². The van der Waals surface area contributed by atoms with Gasteiger partial charge < -0.3 is 9.13 Å². The zero-order valence-corrected chi connectivity index (χ0v) is 37.9. The number of nitriles is 5. The maximum absolute atomic E-state index is 11.1. The van der Waals surface area contributed by atoms with E-state index in [1.165, 1.54) is 0 Å². The molecule has 12 aromatic rings. The molecule has 0 fully saturated rings. The molecule has 3 aromatic heterocycles. The fourth-order valence-electron chi connectivity index (χ4n) is 9.85. The highest BCUT2D eigenvalue weighted by Gasteiger charge is 2.27. The molecule has 0 spiro atoms. The molecule has 0 N–H and O–H groups in total. The Morgan fingerprint density at radius 2 is 0.625 bits per heavy atom. The number of hydrogen-bond acceptors (Lipinski definition) is 8. The van der Waals surface area contributed by atoms with Gasteiger partial charge in [-0.15, -0.1) is 0 Å². The fraction of sp³-hybridized carbons (Fsp3) is 0. The van der Waals surface area contributed by atoms with Crippen molar-refractivity contribution in [2.75, 3.05) is 0 Å². The van der Waals surface area contributed by atoms with Gasteiger partial charge in [0.1, 0.15) is 0 Å². The number of benzene rings is 9. The summed E-state index contributed by atoms with van der Waals surface area (Å²) in [5.41, 5.74) is 12.0. The van der Waals surface area contributed by atoms with E-state index in [0.717, 1.165) is 77.0 Å². The summed E-state index contributed by atoms with van der Waals surface area (Å²) in [7, 11) is 0. The lowest BCUT2D eigenvalue weighted by atomic mass is 9.98. The first-order valence-corrected chi connectivity index (χ1v) is 22.9. The van der Waals surface area contributed by atoms with Gasteiger partial charge in [0.05, 0.1) is 97.2 Å². The zero-order valence-electron chi connectivity index (χ0n) is 37.9. The molecule has 0 unspecified atom stereocenters. The van der Waals surface area contributed by atoms with Crippen molar-refractivity contribution in [1.29, 1.82) is 26.3 Å². The predicted molar refractivity (Wildman–Crippen MR) is 279 cm³/mol. The lowest BCUT2D eigenvalue weighted by molar-refractivity contribution is 1.05. The first kappa shape index (κ1) is 42.4. The van der Waals surface area contributed by atoms with Crippen LogP contribution in [-0.4, -0.2) is 24.1 Å². The van der Waals surface area contributed by atoms with Crippen LogP contribution in [0, 0.1) is 56.7 Å². The molecular formula is C62H32N10. The van der Waals surface area contributed by atoms with E-state index in [4.69, 9.17) is 15.0 Å². The van der Waals surface area contributed by atoms with Crippen molar-refractivity contribution in [1.82, 2.24) is 24.1 Å². The molecule has 0 atom stereocenters. The normalized spacial score (nSPS) is 11.0. The Bertz CT molecular complexity index is 4120. The highest BCUT2D eigenvalue weighted by atomic mass is 15.1. The van der Waals surface area contributed by atoms with Crippen molar-refractivity contribution in [2.24, 2.45) is 0 Å². The van der Waals surface area contributed by atoms with Crippen LogP contribution in [0.1, 0.15) is 27.8 Å². The SMILES string of the molecule is N#Cc1cc(C#N)cc(-c2ccc3c(c2)c2ccccc2n3-c2cc(C#N)cc(-n3c4ccccc4c4cc(-c5cc(C#N)cc(C#N)c5)ccc43)c2-c2nc(-c3ccccc3)nc(-c3ccccc3)n2)c1. The number of fused-ring (bicyclic) bond motifs is 6. The van der Waals surface area contributed by atoms with Crippen molar-refractivity contribution >= 4 is 43.6 Å².